The number of ketones is 1. The number of ether oxygens (including phenoxy) is 1. The second-order valence-corrected chi connectivity index (χ2v) is 3.86. The molecule has 0 aliphatic carbocycles. The molecule has 2 nitrogen and oxygen atoms in total. The molecule has 0 aliphatic rings. The van der Waals surface area contributed by atoms with Crippen LogP contribution >= 0.6 is 11.6 Å². The fraction of sp³-hybridized carbons (Fsp3) is 0.417. The van der Waals surface area contributed by atoms with E-state index >= 15 is 0 Å². The highest BCUT2D eigenvalue weighted by Crippen LogP contribution is 2.28. The first-order valence-electron chi connectivity index (χ1n) is 4.94. The Morgan fingerprint density at radius 3 is 2.73 bits per heavy atom. The van der Waals surface area contributed by atoms with Gasteiger partial charge in [-0.2, -0.15) is 0 Å². The predicted octanol–water partition coefficient (Wildman–Crippen LogP) is 3.26. The summed E-state index contributed by atoms with van der Waals surface area (Å²) in [4.78, 5) is 11.2. The second-order valence-electron chi connectivity index (χ2n) is 3.42. The van der Waals surface area contributed by atoms with Crippen LogP contribution < -0.4 is 4.74 Å². The first-order valence-corrected chi connectivity index (χ1v) is 5.37. The van der Waals surface area contributed by atoms with Crippen LogP contribution in [-0.2, 0) is 4.79 Å². The molecule has 1 aromatic carbocycles. The van der Waals surface area contributed by atoms with Crippen molar-refractivity contribution < 1.29 is 9.53 Å². The zero-order valence-corrected chi connectivity index (χ0v) is 9.97. The molecule has 3 heteroatoms. The molecule has 0 bridgehead atoms. The Morgan fingerprint density at radius 1 is 1.53 bits per heavy atom. The van der Waals surface area contributed by atoms with Gasteiger partial charge in [0.25, 0.3) is 0 Å². The quantitative estimate of drug-likeness (QED) is 0.737. The summed E-state index contributed by atoms with van der Waals surface area (Å²) in [5.41, 5.74) is 1.84. The third-order valence-electron chi connectivity index (χ3n) is 2.19. The van der Waals surface area contributed by atoms with E-state index in [0.29, 0.717) is 6.61 Å². The van der Waals surface area contributed by atoms with Gasteiger partial charge in [-0.1, -0.05) is 6.07 Å². The highest BCUT2D eigenvalue weighted by atomic mass is 35.5. The van der Waals surface area contributed by atoms with Gasteiger partial charge in [0.1, 0.15) is 11.1 Å². The molecule has 1 aromatic rings. The summed E-state index contributed by atoms with van der Waals surface area (Å²) in [7, 11) is 0. The Hall–Kier alpha value is -1.02. The van der Waals surface area contributed by atoms with E-state index in [-0.39, 0.29) is 5.78 Å². The van der Waals surface area contributed by atoms with Crippen LogP contribution in [0.15, 0.2) is 18.2 Å². The van der Waals surface area contributed by atoms with Crippen molar-refractivity contribution in [3.8, 4) is 5.75 Å². The normalized spacial score (nSPS) is 12.3. The zero-order valence-electron chi connectivity index (χ0n) is 9.21. The molecular formula is C12H15ClO2. The SMILES string of the molecule is CCOc1ccc(C)c(C(Cl)C(C)=O)c1. The molecule has 0 radical (unpaired) electrons. The standard InChI is InChI=1S/C12H15ClO2/c1-4-15-10-6-5-8(2)11(7-10)12(13)9(3)14/h5-7,12H,4H2,1-3H3. The molecule has 1 rings (SSSR count). The smallest absolute Gasteiger partial charge is 0.152 e. The van der Waals surface area contributed by atoms with E-state index in [1.807, 2.05) is 32.0 Å². The second kappa shape index (κ2) is 5.17. The van der Waals surface area contributed by atoms with Crippen molar-refractivity contribution in [1.29, 1.82) is 0 Å². The van der Waals surface area contributed by atoms with Gasteiger partial charge in [-0.3, -0.25) is 4.79 Å². The van der Waals surface area contributed by atoms with Crippen LogP contribution in [0, 0.1) is 6.92 Å². The van der Waals surface area contributed by atoms with Crippen molar-refractivity contribution >= 4 is 17.4 Å². The van der Waals surface area contributed by atoms with Gasteiger partial charge >= 0.3 is 0 Å². The third-order valence-corrected chi connectivity index (χ3v) is 2.73. The van der Waals surface area contributed by atoms with Gasteiger partial charge in [-0.05, 0) is 44.0 Å². The first-order chi connectivity index (χ1) is 7.06. The van der Waals surface area contributed by atoms with Crippen LogP contribution in [-0.4, -0.2) is 12.4 Å². The summed E-state index contributed by atoms with van der Waals surface area (Å²) < 4.78 is 5.36. The molecule has 1 unspecified atom stereocenters. The fourth-order valence-corrected chi connectivity index (χ4v) is 1.60. The van der Waals surface area contributed by atoms with E-state index in [1.54, 1.807) is 0 Å². The zero-order chi connectivity index (χ0) is 11.4. The molecule has 0 aromatic heterocycles. The monoisotopic (exact) mass is 226 g/mol. The number of rotatable bonds is 4. The van der Waals surface area contributed by atoms with Gasteiger partial charge in [-0.25, -0.2) is 0 Å². The van der Waals surface area contributed by atoms with Crippen molar-refractivity contribution in [3.63, 3.8) is 0 Å². The molecule has 0 fully saturated rings. The lowest BCUT2D eigenvalue weighted by Crippen LogP contribution is -2.04. The van der Waals surface area contributed by atoms with Gasteiger partial charge in [0.15, 0.2) is 5.78 Å². The third kappa shape index (κ3) is 2.96. The Kier molecular flexibility index (Phi) is 4.15. The maximum absolute atomic E-state index is 11.2. The van der Waals surface area contributed by atoms with Gasteiger partial charge in [0, 0.05) is 0 Å². The van der Waals surface area contributed by atoms with Gasteiger partial charge < -0.3 is 4.74 Å². The lowest BCUT2D eigenvalue weighted by molar-refractivity contribution is -0.116. The number of carbonyl (C=O) groups is 1. The van der Waals surface area contributed by atoms with Crippen LogP contribution in [0.4, 0.5) is 0 Å². The number of benzene rings is 1. The van der Waals surface area contributed by atoms with E-state index in [0.717, 1.165) is 16.9 Å². The molecule has 15 heavy (non-hydrogen) atoms. The van der Waals surface area contributed by atoms with E-state index in [2.05, 4.69) is 0 Å². The van der Waals surface area contributed by atoms with Crippen molar-refractivity contribution in [2.45, 2.75) is 26.1 Å². The number of Topliss-reactive ketones (excluding diaryl/α,β-unsaturated/α-hetero) is 1. The maximum Gasteiger partial charge on any atom is 0.152 e. The average molecular weight is 227 g/mol. The molecule has 0 amide bonds. The van der Waals surface area contributed by atoms with E-state index < -0.39 is 5.38 Å². The highest BCUT2D eigenvalue weighted by molar-refractivity contribution is 6.30. The molecular weight excluding hydrogens is 212 g/mol. The molecule has 0 saturated carbocycles. The Bertz CT molecular complexity index is 361. The topological polar surface area (TPSA) is 26.3 Å². The summed E-state index contributed by atoms with van der Waals surface area (Å²) in [5, 5.41) is -0.578. The molecule has 1 atom stereocenters. The maximum atomic E-state index is 11.2. The summed E-state index contributed by atoms with van der Waals surface area (Å²) >= 11 is 6.01. The highest BCUT2D eigenvalue weighted by Gasteiger charge is 2.16. The molecule has 0 spiro atoms. The van der Waals surface area contributed by atoms with Crippen LogP contribution in [0.25, 0.3) is 0 Å². The first kappa shape index (κ1) is 12.1. The Labute approximate surface area is 95.2 Å². The Balaban J connectivity index is 3.04. The summed E-state index contributed by atoms with van der Waals surface area (Å²) in [5.74, 6) is 0.707. The molecule has 0 saturated heterocycles. The lowest BCUT2D eigenvalue weighted by Gasteiger charge is -2.12. The van der Waals surface area contributed by atoms with Gasteiger partial charge in [-0.15, -0.1) is 11.6 Å². The van der Waals surface area contributed by atoms with Crippen LogP contribution in [0.2, 0.25) is 0 Å². The fourth-order valence-electron chi connectivity index (χ4n) is 1.37. The minimum atomic E-state index is -0.578. The van der Waals surface area contributed by atoms with Crippen LogP contribution in [0.5, 0.6) is 5.75 Å². The van der Waals surface area contributed by atoms with Crippen molar-refractivity contribution in [1.82, 2.24) is 0 Å². The lowest BCUT2D eigenvalue weighted by atomic mass is 10.0. The van der Waals surface area contributed by atoms with E-state index in [4.69, 9.17) is 16.3 Å². The number of carbonyl (C=O) groups excluding carboxylic acids is 1. The number of alkyl halides is 1. The van der Waals surface area contributed by atoms with Gasteiger partial charge in [0.05, 0.1) is 6.61 Å². The molecule has 0 aliphatic heterocycles. The molecule has 0 N–H and O–H groups in total. The number of halogens is 1. The Morgan fingerprint density at radius 2 is 2.20 bits per heavy atom. The van der Waals surface area contributed by atoms with E-state index in [9.17, 15) is 4.79 Å². The van der Waals surface area contributed by atoms with Crippen LogP contribution in [0.3, 0.4) is 0 Å². The minimum Gasteiger partial charge on any atom is -0.494 e. The number of hydrogen-bond acceptors (Lipinski definition) is 2. The minimum absolute atomic E-state index is 0.0478. The predicted molar refractivity (Wildman–Crippen MR) is 61.6 cm³/mol. The van der Waals surface area contributed by atoms with Crippen molar-refractivity contribution in [2.24, 2.45) is 0 Å². The molecule has 0 heterocycles. The van der Waals surface area contributed by atoms with Crippen molar-refractivity contribution in [3.05, 3.63) is 29.3 Å². The number of hydrogen-bond donors (Lipinski definition) is 0. The van der Waals surface area contributed by atoms with Crippen molar-refractivity contribution in [2.75, 3.05) is 6.61 Å². The number of aryl methyl sites for hydroxylation is 1. The summed E-state index contributed by atoms with van der Waals surface area (Å²) in [6.07, 6.45) is 0. The molecule has 82 valence electrons. The summed E-state index contributed by atoms with van der Waals surface area (Å²) in [6, 6.07) is 5.63. The van der Waals surface area contributed by atoms with Crippen LogP contribution in [0.1, 0.15) is 30.4 Å². The van der Waals surface area contributed by atoms with E-state index in [1.165, 1.54) is 6.92 Å². The summed E-state index contributed by atoms with van der Waals surface area (Å²) in [6.45, 7) is 5.95. The largest absolute Gasteiger partial charge is 0.494 e. The average Bonchev–Trinajstić information content (AvgIpc) is 2.20. The van der Waals surface area contributed by atoms with Gasteiger partial charge in [0.2, 0.25) is 0 Å².